The smallest absolute Gasteiger partial charge is 0.322 e. The van der Waals surface area contributed by atoms with Crippen molar-refractivity contribution < 1.29 is 14.7 Å². The van der Waals surface area contributed by atoms with Crippen molar-refractivity contribution >= 4 is 39.6 Å². The number of benzene rings is 1. The van der Waals surface area contributed by atoms with Crippen LogP contribution in [0, 0.1) is 6.92 Å². The lowest BCUT2D eigenvalue weighted by atomic mass is 10.2. The molecular formula is C11H12BrNO3S. The van der Waals surface area contributed by atoms with Crippen LogP contribution in [0.2, 0.25) is 0 Å². The summed E-state index contributed by atoms with van der Waals surface area (Å²) < 4.78 is 0.995. The lowest BCUT2D eigenvalue weighted by molar-refractivity contribution is -0.137. The normalized spacial score (nSPS) is 10.0. The van der Waals surface area contributed by atoms with Gasteiger partial charge in [0.25, 0.3) is 0 Å². The van der Waals surface area contributed by atoms with Gasteiger partial charge in [0.1, 0.15) is 6.54 Å². The maximum atomic E-state index is 11.3. The highest BCUT2D eigenvalue weighted by Gasteiger charge is 2.06. The number of carboxylic acid groups (broad SMARTS) is 1. The van der Waals surface area contributed by atoms with E-state index < -0.39 is 5.97 Å². The molecule has 2 N–H and O–H groups in total. The maximum Gasteiger partial charge on any atom is 0.322 e. The van der Waals surface area contributed by atoms with Crippen molar-refractivity contribution in [2.24, 2.45) is 0 Å². The molecule has 0 heterocycles. The predicted molar refractivity (Wildman–Crippen MR) is 70.2 cm³/mol. The van der Waals surface area contributed by atoms with Crippen LogP contribution in [0.1, 0.15) is 5.56 Å². The van der Waals surface area contributed by atoms with E-state index in [4.69, 9.17) is 5.11 Å². The molecule has 1 amide bonds. The van der Waals surface area contributed by atoms with Gasteiger partial charge in [0.05, 0.1) is 5.75 Å². The number of nitrogens with one attached hydrogen (secondary N) is 1. The molecule has 1 aromatic rings. The molecule has 1 aromatic carbocycles. The zero-order valence-electron chi connectivity index (χ0n) is 9.20. The quantitative estimate of drug-likeness (QED) is 0.816. The zero-order valence-corrected chi connectivity index (χ0v) is 11.6. The van der Waals surface area contributed by atoms with E-state index in [-0.39, 0.29) is 18.2 Å². The molecule has 0 aliphatic carbocycles. The highest BCUT2D eigenvalue weighted by molar-refractivity contribution is 9.10. The van der Waals surface area contributed by atoms with Gasteiger partial charge in [-0.25, -0.2) is 0 Å². The lowest BCUT2D eigenvalue weighted by Gasteiger charge is -2.06. The zero-order chi connectivity index (χ0) is 12.8. The van der Waals surface area contributed by atoms with E-state index in [1.807, 2.05) is 25.1 Å². The van der Waals surface area contributed by atoms with Gasteiger partial charge in [-0.3, -0.25) is 9.59 Å². The number of rotatable bonds is 5. The Morgan fingerprint density at radius 3 is 2.76 bits per heavy atom. The molecule has 0 aliphatic rings. The van der Waals surface area contributed by atoms with Gasteiger partial charge in [-0.1, -0.05) is 15.9 Å². The molecule has 0 aromatic heterocycles. The first-order chi connectivity index (χ1) is 7.99. The van der Waals surface area contributed by atoms with Crippen LogP contribution in [0.5, 0.6) is 0 Å². The molecule has 1 rings (SSSR count). The molecule has 6 heteroatoms. The first-order valence-electron chi connectivity index (χ1n) is 4.86. The van der Waals surface area contributed by atoms with Crippen LogP contribution in [0.4, 0.5) is 0 Å². The van der Waals surface area contributed by atoms with Gasteiger partial charge in [-0.05, 0) is 30.7 Å². The molecule has 0 fully saturated rings. The average Bonchev–Trinajstić information content (AvgIpc) is 2.25. The summed E-state index contributed by atoms with van der Waals surface area (Å²) in [5.74, 6) is -1.10. The van der Waals surface area contributed by atoms with Crippen molar-refractivity contribution in [2.45, 2.75) is 11.8 Å². The SMILES string of the molecule is Cc1cc(Br)ccc1SCC(=O)NCC(=O)O. The fraction of sp³-hybridized carbons (Fsp3) is 0.273. The van der Waals surface area contributed by atoms with E-state index in [0.29, 0.717) is 0 Å². The van der Waals surface area contributed by atoms with Gasteiger partial charge >= 0.3 is 5.97 Å². The first kappa shape index (κ1) is 14.1. The Morgan fingerprint density at radius 2 is 2.18 bits per heavy atom. The summed E-state index contributed by atoms with van der Waals surface area (Å²) >= 11 is 4.75. The van der Waals surface area contributed by atoms with Gasteiger partial charge in [0.2, 0.25) is 5.91 Å². The van der Waals surface area contributed by atoms with Gasteiger partial charge in [-0.2, -0.15) is 0 Å². The largest absolute Gasteiger partial charge is 0.480 e. The minimum Gasteiger partial charge on any atom is -0.480 e. The number of carboxylic acids is 1. The monoisotopic (exact) mass is 317 g/mol. The minimum atomic E-state index is -1.04. The molecular weight excluding hydrogens is 306 g/mol. The summed E-state index contributed by atoms with van der Waals surface area (Å²) in [5.41, 5.74) is 1.08. The van der Waals surface area contributed by atoms with E-state index in [0.717, 1.165) is 14.9 Å². The molecule has 0 saturated heterocycles. The first-order valence-corrected chi connectivity index (χ1v) is 6.64. The standard InChI is InChI=1S/C11H12BrNO3S/c1-7-4-8(12)2-3-9(7)17-6-10(14)13-5-11(15)16/h2-4H,5-6H2,1H3,(H,13,14)(H,15,16). The number of aliphatic carboxylic acids is 1. The van der Waals surface area contributed by atoms with Crippen LogP contribution >= 0.6 is 27.7 Å². The lowest BCUT2D eigenvalue weighted by Crippen LogP contribution is -2.30. The number of thioether (sulfide) groups is 1. The van der Waals surface area contributed by atoms with E-state index in [2.05, 4.69) is 21.2 Å². The molecule has 0 aliphatic heterocycles. The summed E-state index contributed by atoms with van der Waals surface area (Å²) in [6, 6.07) is 5.80. The third-order valence-electron chi connectivity index (χ3n) is 1.93. The van der Waals surface area contributed by atoms with Crippen molar-refractivity contribution in [3.63, 3.8) is 0 Å². The van der Waals surface area contributed by atoms with Crippen LogP contribution in [0.3, 0.4) is 0 Å². The molecule has 92 valence electrons. The molecule has 4 nitrogen and oxygen atoms in total. The molecule has 0 spiro atoms. The van der Waals surface area contributed by atoms with Gasteiger partial charge in [-0.15, -0.1) is 11.8 Å². The van der Waals surface area contributed by atoms with E-state index in [9.17, 15) is 9.59 Å². The van der Waals surface area contributed by atoms with Crippen LogP contribution in [-0.2, 0) is 9.59 Å². The van der Waals surface area contributed by atoms with E-state index in [1.165, 1.54) is 11.8 Å². The van der Waals surface area contributed by atoms with Crippen LogP contribution in [-0.4, -0.2) is 29.3 Å². The summed E-state index contributed by atoms with van der Waals surface area (Å²) in [4.78, 5) is 22.6. The van der Waals surface area contributed by atoms with Gasteiger partial charge in [0, 0.05) is 9.37 Å². The Morgan fingerprint density at radius 1 is 1.47 bits per heavy atom. The Hall–Kier alpha value is -1.01. The Balaban J connectivity index is 2.44. The van der Waals surface area contributed by atoms with Crippen LogP contribution in [0.15, 0.2) is 27.6 Å². The second-order valence-corrected chi connectivity index (χ2v) is 5.30. The molecule has 0 unspecified atom stereocenters. The predicted octanol–water partition coefficient (Wildman–Crippen LogP) is 2.05. The number of amides is 1. The van der Waals surface area contributed by atoms with Crippen LogP contribution < -0.4 is 5.32 Å². The highest BCUT2D eigenvalue weighted by atomic mass is 79.9. The summed E-state index contributed by atoms with van der Waals surface area (Å²) in [6.07, 6.45) is 0. The average molecular weight is 318 g/mol. The van der Waals surface area contributed by atoms with E-state index >= 15 is 0 Å². The van der Waals surface area contributed by atoms with Crippen molar-refractivity contribution in [3.05, 3.63) is 28.2 Å². The number of hydrogen-bond acceptors (Lipinski definition) is 3. The van der Waals surface area contributed by atoms with Crippen molar-refractivity contribution in [1.82, 2.24) is 5.32 Å². The molecule has 0 radical (unpaired) electrons. The van der Waals surface area contributed by atoms with Crippen molar-refractivity contribution in [3.8, 4) is 0 Å². The number of hydrogen-bond donors (Lipinski definition) is 2. The van der Waals surface area contributed by atoms with Crippen molar-refractivity contribution in [1.29, 1.82) is 0 Å². The number of aryl methyl sites for hydroxylation is 1. The fourth-order valence-electron chi connectivity index (χ4n) is 1.14. The third-order valence-corrected chi connectivity index (χ3v) is 3.60. The number of halogens is 1. The Bertz CT molecular complexity index is 437. The molecule has 0 bridgehead atoms. The van der Waals surface area contributed by atoms with Crippen molar-refractivity contribution in [2.75, 3.05) is 12.3 Å². The van der Waals surface area contributed by atoms with Gasteiger partial charge in [0.15, 0.2) is 0 Å². The summed E-state index contributed by atoms with van der Waals surface area (Å²) in [7, 11) is 0. The number of carbonyl (C=O) groups is 2. The highest BCUT2D eigenvalue weighted by Crippen LogP contribution is 2.24. The Kier molecular flexibility index (Phi) is 5.50. The molecule has 0 saturated carbocycles. The summed E-state index contributed by atoms with van der Waals surface area (Å²) in [6.45, 7) is 1.63. The molecule has 17 heavy (non-hydrogen) atoms. The topological polar surface area (TPSA) is 66.4 Å². The minimum absolute atomic E-state index is 0.218. The maximum absolute atomic E-state index is 11.3. The fourth-order valence-corrected chi connectivity index (χ4v) is 2.46. The van der Waals surface area contributed by atoms with Gasteiger partial charge < -0.3 is 10.4 Å². The Labute approximate surface area is 112 Å². The molecule has 0 atom stereocenters. The number of carbonyl (C=O) groups excluding carboxylic acids is 1. The van der Waals surface area contributed by atoms with Crippen LogP contribution in [0.25, 0.3) is 0 Å². The second kappa shape index (κ2) is 6.66. The van der Waals surface area contributed by atoms with E-state index in [1.54, 1.807) is 0 Å². The second-order valence-electron chi connectivity index (χ2n) is 3.37. The summed E-state index contributed by atoms with van der Waals surface area (Å²) in [5, 5.41) is 10.7. The third kappa shape index (κ3) is 5.23.